The number of aryl methyl sites for hydroxylation is 1. The van der Waals surface area contributed by atoms with Crippen molar-refractivity contribution in [1.29, 1.82) is 0 Å². The van der Waals surface area contributed by atoms with Gasteiger partial charge in [0.05, 0.1) is 19.9 Å². The summed E-state index contributed by atoms with van der Waals surface area (Å²) in [6.45, 7) is 0. The minimum atomic E-state index is -4.11. The molecule has 4 rings (SSSR count). The third-order valence-electron chi connectivity index (χ3n) is 5.37. The number of aliphatic carboxylic acids is 1. The minimum Gasteiger partial charge on any atom is -0.493 e. The summed E-state index contributed by atoms with van der Waals surface area (Å²) in [5.74, 6) is -0.987. The summed E-state index contributed by atoms with van der Waals surface area (Å²) in [5.41, 5.74) is 4.60. The molecule has 172 valence electrons. The second kappa shape index (κ2) is 8.99. The van der Waals surface area contributed by atoms with Crippen molar-refractivity contribution in [2.75, 3.05) is 18.9 Å². The Morgan fingerprint density at radius 1 is 1.18 bits per heavy atom. The molecule has 1 aliphatic rings. The lowest BCUT2D eigenvalue weighted by atomic mass is 10.1. The summed E-state index contributed by atoms with van der Waals surface area (Å²) in [6.07, 6.45) is 5.16. The molecule has 10 heteroatoms. The Balaban J connectivity index is 1.72. The maximum absolute atomic E-state index is 13.3. The van der Waals surface area contributed by atoms with E-state index in [0.717, 1.165) is 42.3 Å². The summed E-state index contributed by atoms with van der Waals surface area (Å²) in [7, 11) is -1.40. The van der Waals surface area contributed by atoms with Gasteiger partial charge >= 0.3 is 5.97 Å². The Morgan fingerprint density at radius 3 is 2.73 bits per heavy atom. The van der Waals surface area contributed by atoms with Crippen LogP contribution in [0.15, 0.2) is 47.4 Å². The second-order valence-electron chi connectivity index (χ2n) is 7.50. The first-order valence-corrected chi connectivity index (χ1v) is 11.7. The lowest BCUT2D eigenvalue weighted by Crippen LogP contribution is -2.15. The van der Waals surface area contributed by atoms with Crippen LogP contribution in [-0.2, 0) is 27.7 Å². The Bertz CT molecular complexity index is 1340. The van der Waals surface area contributed by atoms with Crippen LogP contribution in [0.5, 0.6) is 11.5 Å². The standard InChI is InChI=1S/C23H23N3O6S/c1-31-19-11-14(9-10-21(27)28)12-20(23(19)32-2)33(29,30)26-16-6-3-5-15(13-16)22-17-7-4-8-18(17)24-25-22/h3,5-6,9-13,26H,4,7-8H2,1-2H3,(H,24,25)(H,27,28)/b10-9+. The van der Waals surface area contributed by atoms with Gasteiger partial charge in [-0.05, 0) is 55.2 Å². The Labute approximate surface area is 191 Å². The van der Waals surface area contributed by atoms with Gasteiger partial charge in [-0.2, -0.15) is 5.10 Å². The number of aromatic nitrogens is 2. The van der Waals surface area contributed by atoms with E-state index >= 15 is 0 Å². The molecule has 2 aromatic carbocycles. The fourth-order valence-electron chi connectivity index (χ4n) is 3.91. The number of ether oxygens (including phenoxy) is 2. The molecule has 0 aliphatic heterocycles. The van der Waals surface area contributed by atoms with E-state index in [2.05, 4.69) is 14.9 Å². The van der Waals surface area contributed by atoms with Crippen LogP contribution in [0.4, 0.5) is 5.69 Å². The molecule has 0 unspecified atom stereocenters. The Kier molecular flexibility index (Phi) is 6.10. The highest BCUT2D eigenvalue weighted by atomic mass is 32.2. The molecule has 1 aliphatic carbocycles. The Morgan fingerprint density at radius 2 is 2.00 bits per heavy atom. The van der Waals surface area contributed by atoms with Gasteiger partial charge in [-0.1, -0.05) is 12.1 Å². The number of hydrogen-bond donors (Lipinski definition) is 3. The largest absolute Gasteiger partial charge is 0.493 e. The molecule has 0 spiro atoms. The van der Waals surface area contributed by atoms with Crippen LogP contribution in [-0.4, -0.2) is 43.9 Å². The van der Waals surface area contributed by atoms with Crippen LogP contribution in [0.3, 0.4) is 0 Å². The lowest BCUT2D eigenvalue weighted by Gasteiger charge is -2.16. The number of fused-ring (bicyclic) bond motifs is 1. The van der Waals surface area contributed by atoms with Crippen LogP contribution in [0.25, 0.3) is 17.3 Å². The monoisotopic (exact) mass is 469 g/mol. The minimum absolute atomic E-state index is 0.0127. The molecule has 3 N–H and O–H groups in total. The van der Waals surface area contributed by atoms with Crippen LogP contribution >= 0.6 is 0 Å². The average molecular weight is 470 g/mol. The van der Waals surface area contributed by atoms with E-state index in [1.165, 1.54) is 38.0 Å². The average Bonchev–Trinajstić information content (AvgIpc) is 3.41. The fraction of sp³-hybridized carbons (Fsp3) is 0.217. The Hall–Kier alpha value is -3.79. The van der Waals surface area contributed by atoms with Gasteiger partial charge in [0.15, 0.2) is 11.5 Å². The molecule has 0 saturated heterocycles. The number of aromatic amines is 1. The van der Waals surface area contributed by atoms with Crippen molar-refractivity contribution in [2.45, 2.75) is 24.2 Å². The number of carboxylic acid groups (broad SMARTS) is 1. The highest BCUT2D eigenvalue weighted by Gasteiger charge is 2.25. The van der Waals surface area contributed by atoms with E-state index in [-0.39, 0.29) is 16.4 Å². The molecule has 0 fully saturated rings. The maximum atomic E-state index is 13.3. The third-order valence-corrected chi connectivity index (χ3v) is 6.76. The number of sulfonamides is 1. The van der Waals surface area contributed by atoms with Crippen molar-refractivity contribution >= 4 is 27.8 Å². The molecule has 0 saturated carbocycles. The summed E-state index contributed by atoms with van der Waals surface area (Å²) in [4.78, 5) is 10.7. The summed E-state index contributed by atoms with van der Waals surface area (Å²) >= 11 is 0. The van der Waals surface area contributed by atoms with E-state index < -0.39 is 16.0 Å². The number of hydrogen-bond acceptors (Lipinski definition) is 6. The zero-order valence-corrected chi connectivity index (χ0v) is 18.9. The van der Waals surface area contributed by atoms with Gasteiger partial charge in [0.2, 0.25) is 0 Å². The molecule has 0 radical (unpaired) electrons. The molecular weight excluding hydrogens is 446 g/mol. The molecule has 1 heterocycles. The van der Waals surface area contributed by atoms with E-state index in [1.54, 1.807) is 18.2 Å². The van der Waals surface area contributed by atoms with Crippen LogP contribution in [0.1, 0.15) is 23.2 Å². The molecule has 3 aromatic rings. The molecule has 0 atom stereocenters. The molecule has 33 heavy (non-hydrogen) atoms. The quantitative estimate of drug-likeness (QED) is 0.431. The number of nitrogens with one attached hydrogen (secondary N) is 2. The molecule has 0 bridgehead atoms. The van der Waals surface area contributed by atoms with Gasteiger partial charge in [-0.25, -0.2) is 13.2 Å². The number of carboxylic acids is 1. The highest BCUT2D eigenvalue weighted by Crippen LogP contribution is 2.37. The van der Waals surface area contributed by atoms with Crippen molar-refractivity contribution in [1.82, 2.24) is 10.2 Å². The van der Waals surface area contributed by atoms with Crippen molar-refractivity contribution < 1.29 is 27.8 Å². The second-order valence-corrected chi connectivity index (χ2v) is 9.15. The van der Waals surface area contributed by atoms with Gasteiger partial charge in [0, 0.05) is 28.6 Å². The van der Waals surface area contributed by atoms with Crippen molar-refractivity contribution in [3.05, 3.63) is 59.3 Å². The smallest absolute Gasteiger partial charge is 0.328 e. The van der Waals surface area contributed by atoms with E-state index in [0.29, 0.717) is 11.3 Å². The first kappa shape index (κ1) is 22.4. The number of nitrogens with zero attached hydrogens (tertiary/aromatic N) is 1. The van der Waals surface area contributed by atoms with Crippen LogP contribution < -0.4 is 14.2 Å². The molecule has 1 aromatic heterocycles. The first-order chi connectivity index (χ1) is 15.8. The summed E-state index contributed by atoms with van der Waals surface area (Å²) < 4.78 is 39.8. The predicted octanol–water partition coefficient (Wildman–Crippen LogP) is 3.48. The van der Waals surface area contributed by atoms with Crippen molar-refractivity contribution in [3.8, 4) is 22.8 Å². The normalized spacial score (nSPS) is 13.2. The van der Waals surface area contributed by atoms with Gasteiger partial charge < -0.3 is 14.6 Å². The predicted molar refractivity (Wildman–Crippen MR) is 123 cm³/mol. The molecule has 0 amide bonds. The number of anilines is 1. The fourth-order valence-corrected chi connectivity index (χ4v) is 5.18. The SMILES string of the molecule is COc1cc(/C=C/C(=O)O)cc(S(=O)(=O)Nc2cccc(-c3n[nH]c4c3CCC4)c2)c1OC. The maximum Gasteiger partial charge on any atom is 0.328 e. The van der Waals surface area contributed by atoms with Crippen molar-refractivity contribution in [3.63, 3.8) is 0 Å². The highest BCUT2D eigenvalue weighted by molar-refractivity contribution is 7.92. The third kappa shape index (κ3) is 4.56. The topological polar surface area (TPSA) is 131 Å². The van der Waals surface area contributed by atoms with Crippen LogP contribution in [0, 0.1) is 0 Å². The van der Waals surface area contributed by atoms with E-state index in [1.807, 2.05) is 6.07 Å². The van der Waals surface area contributed by atoms with Gasteiger partial charge in [0.25, 0.3) is 10.0 Å². The molecular formula is C23H23N3O6S. The summed E-state index contributed by atoms with van der Waals surface area (Å²) in [5, 5.41) is 16.4. The van der Waals surface area contributed by atoms with Gasteiger partial charge in [-0.3, -0.25) is 9.82 Å². The van der Waals surface area contributed by atoms with Crippen LogP contribution in [0.2, 0.25) is 0 Å². The zero-order chi connectivity index (χ0) is 23.6. The summed E-state index contributed by atoms with van der Waals surface area (Å²) in [6, 6.07) is 9.83. The number of methoxy groups -OCH3 is 2. The van der Waals surface area contributed by atoms with Gasteiger partial charge in [0.1, 0.15) is 4.90 Å². The number of carbonyl (C=O) groups is 1. The number of rotatable bonds is 8. The van der Waals surface area contributed by atoms with Gasteiger partial charge in [-0.15, -0.1) is 0 Å². The molecule has 9 nitrogen and oxygen atoms in total. The number of H-pyrrole nitrogens is 1. The zero-order valence-electron chi connectivity index (χ0n) is 18.1. The first-order valence-electron chi connectivity index (χ1n) is 10.2. The van der Waals surface area contributed by atoms with Crippen molar-refractivity contribution in [2.24, 2.45) is 0 Å². The lowest BCUT2D eigenvalue weighted by molar-refractivity contribution is -0.131. The number of benzene rings is 2. The van der Waals surface area contributed by atoms with E-state index in [9.17, 15) is 13.2 Å². The van der Waals surface area contributed by atoms with E-state index in [4.69, 9.17) is 14.6 Å².